The molecule has 0 saturated heterocycles. The average molecular weight is 365 g/mol. The van der Waals surface area contributed by atoms with Crippen molar-refractivity contribution in [1.82, 2.24) is 4.98 Å². The fourth-order valence-corrected chi connectivity index (χ4v) is 6.47. The maximum Gasteiger partial charge on any atom is 0.243 e. The zero-order valence-electron chi connectivity index (χ0n) is 15.8. The van der Waals surface area contributed by atoms with Crippen LogP contribution >= 0.6 is 0 Å². The molecule has 0 fully saturated rings. The Balaban J connectivity index is 2.11. The maximum atomic E-state index is 12.7. The first-order valence-electron chi connectivity index (χ1n) is 9.43. The summed E-state index contributed by atoms with van der Waals surface area (Å²) >= 11 is 0. The number of carbonyl (C=O) groups is 1. The van der Waals surface area contributed by atoms with E-state index in [9.17, 15) is 4.79 Å². The molecule has 3 nitrogen and oxygen atoms in total. The van der Waals surface area contributed by atoms with E-state index in [1.165, 1.54) is 24.8 Å². The van der Waals surface area contributed by atoms with Gasteiger partial charge >= 0.3 is 0 Å². The third kappa shape index (κ3) is 6.16. The van der Waals surface area contributed by atoms with Crippen molar-refractivity contribution in [2.24, 2.45) is 0 Å². The Morgan fingerprint density at radius 3 is 2.35 bits per heavy atom. The van der Waals surface area contributed by atoms with Gasteiger partial charge in [0.25, 0.3) is 0 Å². The number of carbonyl (C=O) groups excluding carboxylic acids is 1. The summed E-state index contributed by atoms with van der Waals surface area (Å²) in [7, 11) is -2.00. The molecule has 0 heterocycles. The second kappa shape index (κ2) is 9.93. The minimum Gasteiger partial charge on any atom is -0.378 e. The zero-order valence-corrected chi connectivity index (χ0v) is 16.8. The van der Waals surface area contributed by atoms with Crippen LogP contribution < -0.4 is 4.98 Å². The van der Waals surface area contributed by atoms with Crippen LogP contribution in [0.5, 0.6) is 0 Å². The number of hydrogen-bond acceptors (Lipinski definition) is 2. The van der Waals surface area contributed by atoms with Gasteiger partial charge in [0, 0.05) is 5.56 Å². The van der Waals surface area contributed by atoms with Crippen LogP contribution in [0, 0.1) is 11.3 Å². The molecule has 1 unspecified atom stereocenters. The molecule has 2 aromatic rings. The van der Waals surface area contributed by atoms with E-state index in [0.717, 1.165) is 24.1 Å². The molecular weight excluding hydrogens is 336 g/mol. The van der Waals surface area contributed by atoms with Crippen LogP contribution in [0.3, 0.4) is 0 Å². The summed E-state index contributed by atoms with van der Waals surface area (Å²) in [4.78, 5) is 16.1. The first kappa shape index (κ1) is 19.9. The molecule has 1 N–H and O–H groups in total. The number of rotatable bonds is 9. The van der Waals surface area contributed by atoms with Gasteiger partial charge < -0.3 is 4.98 Å². The number of nitrogens with zero attached hydrogens (tertiary/aromatic N) is 1. The van der Waals surface area contributed by atoms with E-state index in [0.29, 0.717) is 5.56 Å². The number of nitrogens with one attached hydrogen (secondary N) is 1. The zero-order chi connectivity index (χ0) is 18.8. The number of hydrogen-bond donors (Lipinski definition) is 1. The fraction of sp³-hybridized carbons (Fsp3) is 0.364. The predicted molar refractivity (Wildman–Crippen MR) is 109 cm³/mol. The quantitative estimate of drug-likeness (QED) is 0.489. The topological polar surface area (TPSA) is 52.9 Å². The molecule has 1 atom stereocenters. The molecular formula is C22H28N2OSi. The largest absolute Gasteiger partial charge is 0.378 e. The van der Waals surface area contributed by atoms with Crippen molar-refractivity contribution in [3.8, 4) is 6.07 Å². The summed E-state index contributed by atoms with van der Waals surface area (Å²) in [6, 6.07) is 21.3. The SMILES string of the molecule is CCCCCC[Si](C)(Cc1ccc(C#N)cc1)NC(=O)c1ccccc1. The monoisotopic (exact) mass is 364 g/mol. The summed E-state index contributed by atoms with van der Waals surface area (Å²) in [5.41, 5.74) is 2.59. The number of benzene rings is 2. The van der Waals surface area contributed by atoms with Crippen molar-refractivity contribution in [3.63, 3.8) is 0 Å². The van der Waals surface area contributed by atoms with Gasteiger partial charge in [0.15, 0.2) is 8.24 Å². The molecule has 0 saturated carbocycles. The smallest absolute Gasteiger partial charge is 0.243 e. The number of nitriles is 1. The number of amides is 1. The summed E-state index contributed by atoms with van der Waals surface area (Å²) in [6.45, 7) is 4.47. The lowest BCUT2D eigenvalue weighted by Gasteiger charge is -2.29. The van der Waals surface area contributed by atoms with Crippen LogP contribution in [0.25, 0.3) is 0 Å². The number of unbranched alkanes of at least 4 members (excludes halogenated alkanes) is 3. The van der Waals surface area contributed by atoms with Gasteiger partial charge in [0.1, 0.15) is 0 Å². The summed E-state index contributed by atoms with van der Waals surface area (Å²) in [5.74, 6) is 0.0314. The van der Waals surface area contributed by atoms with E-state index in [1.54, 1.807) is 0 Å². The second-order valence-electron chi connectivity index (χ2n) is 7.18. The molecule has 4 heteroatoms. The molecule has 0 radical (unpaired) electrons. The highest BCUT2D eigenvalue weighted by molar-refractivity contribution is 6.78. The first-order valence-corrected chi connectivity index (χ1v) is 12.3. The minimum absolute atomic E-state index is 0.0314. The van der Waals surface area contributed by atoms with Gasteiger partial charge in [-0.1, -0.05) is 69.5 Å². The minimum atomic E-state index is -2.00. The Kier molecular flexibility index (Phi) is 7.62. The van der Waals surface area contributed by atoms with E-state index >= 15 is 0 Å². The molecule has 0 aliphatic carbocycles. The molecule has 0 aliphatic rings. The normalized spacial score (nSPS) is 12.8. The standard InChI is InChI=1S/C22H28N2OSi/c1-3-4-5-9-16-26(2,18-20-14-12-19(17-23)13-15-20)24-22(25)21-10-7-6-8-11-21/h6-8,10-15H,3-5,9,16,18H2,1-2H3,(H,24,25). The highest BCUT2D eigenvalue weighted by Gasteiger charge is 2.30. The van der Waals surface area contributed by atoms with Crippen molar-refractivity contribution in [3.05, 3.63) is 71.3 Å². The molecule has 0 bridgehead atoms. The first-order chi connectivity index (χ1) is 12.6. The highest BCUT2D eigenvalue weighted by atomic mass is 28.3. The van der Waals surface area contributed by atoms with Crippen molar-refractivity contribution >= 4 is 14.1 Å². The lowest BCUT2D eigenvalue weighted by atomic mass is 10.2. The van der Waals surface area contributed by atoms with Crippen LogP contribution in [0.4, 0.5) is 0 Å². The van der Waals surface area contributed by atoms with Crippen molar-refractivity contribution in [2.75, 3.05) is 0 Å². The molecule has 2 rings (SSSR count). The Morgan fingerprint density at radius 1 is 1.04 bits per heavy atom. The van der Waals surface area contributed by atoms with Gasteiger partial charge in [0.2, 0.25) is 5.91 Å². The van der Waals surface area contributed by atoms with Crippen LogP contribution in [-0.4, -0.2) is 14.1 Å². The van der Waals surface area contributed by atoms with E-state index < -0.39 is 8.24 Å². The third-order valence-corrected chi connectivity index (χ3v) is 8.19. The Hall–Kier alpha value is -2.38. The summed E-state index contributed by atoms with van der Waals surface area (Å²) in [6.07, 6.45) is 4.83. The molecule has 26 heavy (non-hydrogen) atoms. The van der Waals surface area contributed by atoms with Crippen molar-refractivity contribution in [2.45, 2.75) is 51.2 Å². The lowest BCUT2D eigenvalue weighted by Crippen LogP contribution is -2.53. The van der Waals surface area contributed by atoms with E-state index in [1.807, 2.05) is 54.6 Å². The Morgan fingerprint density at radius 2 is 1.73 bits per heavy atom. The molecule has 0 aromatic heterocycles. The van der Waals surface area contributed by atoms with Gasteiger partial charge in [-0.2, -0.15) is 5.26 Å². The molecule has 2 aromatic carbocycles. The van der Waals surface area contributed by atoms with Gasteiger partial charge in [-0.25, -0.2) is 0 Å². The Labute approximate surface area is 158 Å². The van der Waals surface area contributed by atoms with E-state index in [-0.39, 0.29) is 5.91 Å². The molecule has 136 valence electrons. The van der Waals surface area contributed by atoms with Gasteiger partial charge in [-0.3, -0.25) is 4.79 Å². The van der Waals surface area contributed by atoms with Crippen LogP contribution in [0.1, 0.15) is 54.1 Å². The van der Waals surface area contributed by atoms with Crippen LogP contribution in [-0.2, 0) is 6.04 Å². The van der Waals surface area contributed by atoms with Crippen LogP contribution in [0.2, 0.25) is 12.6 Å². The van der Waals surface area contributed by atoms with E-state index in [2.05, 4.69) is 24.5 Å². The third-order valence-electron chi connectivity index (χ3n) is 4.71. The second-order valence-corrected chi connectivity index (χ2v) is 11.4. The summed E-state index contributed by atoms with van der Waals surface area (Å²) in [5, 5.41) is 8.97. The molecule has 0 aliphatic heterocycles. The maximum absolute atomic E-state index is 12.7. The fourth-order valence-electron chi connectivity index (χ4n) is 3.22. The Bertz CT molecular complexity index is 737. The summed E-state index contributed by atoms with van der Waals surface area (Å²) < 4.78 is 0. The van der Waals surface area contributed by atoms with Gasteiger partial charge in [-0.05, 0) is 41.9 Å². The lowest BCUT2D eigenvalue weighted by molar-refractivity contribution is 0.0977. The average Bonchev–Trinajstić information content (AvgIpc) is 2.66. The van der Waals surface area contributed by atoms with Crippen molar-refractivity contribution in [1.29, 1.82) is 5.26 Å². The molecule has 1 amide bonds. The van der Waals surface area contributed by atoms with Crippen molar-refractivity contribution < 1.29 is 4.79 Å². The van der Waals surface area contributed by atoms with Gasteiger partial charge in [0.05, 0.1) is 11.6 Å². The van der Waals surface area contributed by atoms with Crippen LogP contribution in [0.15, 0.2) is 54.6 Å². The predicted octanol–water partition coefficient (Wildman–Crippen LogP) is 5.23. The van der Waals surface area contributed by atoms with Gasteiger partial charge in [-0.15, -0.1) is 0 Å². The highest BCUT2D eigenvalue weighted by Crippen LogP contribution is 2.19. The van der Waals surface area contributed by atoms with E-state index in [4.69, 9.17) is 5.26 Å². The molecule has 0 spiro atoms.